The van der Waals surface area contributed by atoms with E-state index in [-0.39, 0.29) is 0 Å². The normalized spacial score (nSPS) is 10.3. The Morgan fingerprint density at radius 1 is 1.73 bits per heavy atom. The smallest absolute Gasteiger partial charge is 0.200 e. The van der Waals surface area contributed by atoms with E-state index in [4.69, 9.17) is 5.73 Å². The molecule has 0 radical (unpaired) electrons. The summed E-state index contributed by atoms with van der Waals surface area (Å²) in [4.78, 5) is 3.93. The topological polar surface area (TPSA) is 43.8 Å². The Bertz CT molecular complexity index is 209. The van der Waals surface area contributed by atoms with Crippen molar-refractivity contribution < 1.29 is 0 Å². The molecule has 0 spiro atoms. The summed E-state index contributed by atoms with van der Waals surface area (Å²) in [5.74, 6) is 1.79. The molecule has 2 N–H and O–H groups in total. The molecule has 3 nitrogen and oxygen atoms in total. The SMILES string of the molecule is CSCCCn1ccnc1N. The summed E-state index contributed by atoms with van der Waals surface area (Å²) in [6, 6.07) is 0. The Hall–Kier alpha value is -0.640. The van der Waals surface area contributed by atoms with Crippen LogP contribution in [0.5, 0.6) is 0 Å². The average molecular weight is 171 g/mol. The van der Waals surface area contributed by atoms with Gasteiger partial charge >= 0.3 is 0 Å². The quantitative estimate of drug-likeness (QED) is 0.693. The molecule has 0 amide bonds. The molecule has 0 unspecified atom stereocenters. The van der Waals surface area contributed by atoms with Crippen LogP contribution in [-0.2, 0) is 6.54 Å². The second-order valence-electron chi connectivity index (χ2n) is 2.33. The molecule has 0 bridgehead atoms. The van der Waals surface area contributed by atoms with Gasteiger partial charge in [0.05, 0.1) is 0 Å². The molecule has 0 aliphatic heterocycles. The molecular weight excluding hydrogens is 158 g/mol. The molecule has 4 heteroatoms. The first kappa shape index (κ1) is 8.46. The van der Waals surface area contributed by atoms with Crippen molar-refractivity contribution in [2.45, 2.75) is 13.0 Å². The van der Waals surface area contributed by atoms with Crippen molar-refractivity contribution >= 4 is 17.7 Å². The fraction of sp³-hybridized carbons (Fsp3) is 0.571. The van der Waals surface area contributed by atoms with Crippen LogP contribution in [0.25, 0.3) is 0 Å². The molecule has 0 aliphatic carbocycles. The third-order valence-electron chi connectivity index (χ3n) is 1.50. The lowest BCUT2D eigenvalue weighted by Gasteiger charge is -2.01. The van der Waals surface area contributed by atoms with Gasteiger partial charge in [0.2, 0.25) is 0 Å². The zero-order valence-corrected chi connectivity index (χ0v) is 7.47. The van der Waals surface area contributed by atoms with Gasteiger partial charge in [-0.1, -0.05) is 0 Å². The molecule has 1 rings (SSSR count). The Labute approximate surface area is 71.0 Å². The molecule has 1 aromatic rings. The van der Waals surface area contributed by atoms with E-state index >= 15 is 0 Å². The number of hydrogen-bond donors (Lipinski definition) is 1. The Morgan fingerprint density at radius 2 is 2.55 bits per heavy atom. The zero-order valence-electron chi connectivity index (χ0n) is 6.66. The summed E-state index contributed by atoms with van der Waals surface area (Å²) in [7, 11) is 0. The van der Waals surface area contributed by atoms with Crippen molar-refractivity contribution in [3.63, 3.8) is 0 Å². The van der Waals surface area contributed by atoms with E-state index in [0.29, 0.717) is 5.95 Å². The first-order valence-corrected chi connectivity index (χ1v) is 4.99. The van der Waals surface area contributed by atoms with Gasteiger partial charge in [-0.05, 0) is 18.4 Å². The highest BCUT2D eigenvalue weighted by atomic mass is 32.2. The highest BCUT2D eigenvalue weighted by molar-refractivity contribution is 7.98. The van der Waals surface area contributed by atoms with Crippen LogP contribution >= 0.6 is 11.8 Å². The van der Waals surface area contributed by atoms with Crippen molar-refractivity contribution in [2.75, 3.05) is 17.7 Å². The van der Waals surface area contributed by atoms with Crippen LogP contribution in [-0.4, -0.2) is 21.6 Å². The third-order valence-corrected chi connectivity index (χ3v) is 2.19. The number of aromatic nitrogens is 2. The maximum absolute atomic E-state index is 5.57. The molecule has 0 saturated carbocycles. The largest absolute Gasteiger partial charge is 0.369 e. The van der Waals surface area contributed by atoms with Crippen molar-refractivity contribution in [1.82, 2.24) is 9.55 Å². The van der Waals surface area contributed by atoms with Crippen LogP contribution in [0.4, 0.5) is 5.95 Å². The van der Waals surface area contributed by atoms with Gasteiger partial charge in [-0.15, -0.1) is 0 Å². The number of anilines is 1. The molecule has 0 aliphatic rings. The Balaban J connectivity index is 2.32. The third kappa shape index (κ3) is 2.46. The van der Waals surface area contributed by atoms with E-state index in [1.807, 2.05) is 22.5 Å². The van der Waals surface area contributed by atoms with E-state index in [2.05, 4.69) is 11.2 Å². The molecule has 1 heterocycles. The summed E-state index contributed by atoms with van der Waals surface area (Å²) in [5, 5.41) is 0. The van der Waals surface area contributed by atoms with E-state index in [9.17, 15) is 0 Å². The van der Waals surface area contributed by atoms with Crippen LogP contribution in [0, 0.1) is 0 Å². The van der Waals surface area contributed by atoms with Crippen molar-refractivity contribution in [3.8, 4) is 0 Å². The number of thioether (sulfide) groups is 1. The van der Waals surface area contributed by atoms with Gasteiger partial charge in [0.15, 0.2) is 5.95 Å². The molecule has 62 valence electrons. The second kappa shape index (κ2) is 4.28. The highest BCUT2D eigenvalue weighted by Crippen LogP contribution is 2.02. The minimum absolute atomic E-state index is 0.617. The maximum Gasteiger partial charge on any atom is 0.200 e. The first-order valence-electron chi connectivity index (χ1n) is 3.60. The van der Waals surface area contributed by atoms with Crippen LogP contribution < -0.4 is 5.73 Å². The maximum atomic E-state index is 5.57. The lowest BCUT2D eigenvalue weighted by molar-refractivity contribution is 0.693. The summed E-state index contributed by atoms with van der Waals surface area (Å²) in [5.41, 5.74) is 5.57. The van der Waals surface area contributed by atoms with Gasteiger partial charge in [-0.25, -0.2) is 4.98 Å². The number of nitrogens with two attached hydrogens (primary N) is 1. The lowest BCUT2D eigenvalue weighted by atomic mass is 10.5. The average Bonchev–Trinajstić information content (AvgIpc) is 2.37. The van der Waals surface area contributed by atoms with Crippen molar-refractivity contribution in [3.05, 3.63) is 12.4 Å². The lowest BCUT2D eigenvalue weighted by Crippen LogP contribution is -2.02. The molecule has 0 saturated heterocycles. The number of nitrogen functional groups attached to an aromatic ring is 1. The summed E-state index contributed by atoms with van der Waals surface area (Å²) in [6.45, 7) is 0.979. The number of hydrogen-bond acceptors (Lipinski definition) is 3. The predicted octanol–water partition coefficient (Wildman–Crippen LogP) is 1.22. The van der Waals surface area contributed by atoms with Gasteiger partial charge in [0.1, 0.15) is 0 Å². The summed E-state index contributed by atoms with van der Waals surface area (Å²) in [6.07, 6.45) is 6.91. The fourth-order valence-electron chi connectivity index (χ4n) is 0.909. The minimum atomic E-state index is 0.617. The van der Waals surface area contributed by atoms with Gasteiger partial charge in [-0.2, -0.15) is 11.8 Å². The number of rotatable bonds is 4. The van der Waals surface area contributed by atoms with Crippen LogP contribution in [0.3, 0.4) is 0 Å². The van der Waals surface area contributed by atoms with Crippen molar-refractivity contribution in [2.24, 2.45) is 0 Å². The number of imidazole rings is 1. The molecular formula is C7H13N3S. The van der Waals surface area contributed by atoms with E-state index in [1.54, 1.807) is 6.20 Å². The number of nitrogens with zero attached hydrogens (tertiary/aromatic N) is 2. The van der Waals surface area contributed by atoms with Crippen LogP contribution in [0.2, 0.25) is 0 Å². The first-order chi connectivity index (χ1) is 5.34. The predicted molar refractivity (Wildman–Crippen MR) is 49.6 cm³/mol. The van der Waals surface area contributed by atoms with E-state index in [1.165, 1.54) is 5.75 Å². The Morgan fingerprint density at radius 3 is 3.09 bits per heavy atom. The van der Waals surface area contributed by atoms with Gasteiger partial charge in [0.25, 0.3) is 0 Å². The van der Waals surface area contributed by atoms with E-state index < -0.39 is 0 Å². The van der Waals surface area contributed by atoms with E-state index in [0.717, 1.165) is 13.0 Å². The molecule has 1 aromatic heterocycles. The summed E-state index contributed by atoms with van der Waals surface area (Å²) >= 11 is 1.85. The number of aryl methyl sites for hydroxylation is 1. The standard InChI is InChI=1S/C7H13N3S/c1-11-6-2-4-10-5-3-9-7(10)8/h3,5H,2,4,6H2,1H3,(H2,8,9). The van der Waals surface area contributed by atoms with Gasteiger partial charge in [-0.3, -0.25) is 0 Å². The van der Waals surface area contributed by atoms with Crippen LogP contribution in [0.15, 0.2) is 12.4 Å². The van der Waals surface area contributed by atoms with Crippen molar-refractivity contribution in [1.29, 1.82) is 0 Å². The fourth-order valence-corrected chi connectivity index (χ4v) is 1.33. The second-order valence-corrected chi connectivity index (χ2v) is 3.31. The monoisotopic (exact) mass is 171 g/mol. The van der Waals surface area contributed by atoms with Gasteiger partial charge < -0.3 is 10.3 Å². The Kier molecular flexibility index (Phi) is 3.29. The molecule has 0 aromatic carbocycles. The molecule has 0 fully saturated rings. The summed E-state index contributed by atoms with van der Waals surface area (Å²) < 4.78 is 1.97. The molecule has 0 atom stereocenters. The minimum Gasteiger partial charge on any atom is -0.369 e. The van der Waals surface area contributed by atoms with Crippen LogP contribution in [0.1, 0.15) is 6.42 Å². The highest BCUT2D eigenvalue weighted by Gasteiger charge is 1.95. The zero-order chi connectivity index (χ0) is 8.10. The molecule has 11 heavy (non-hydrogen) atoms. The van der Waals surface area contributed by atoms with Gasteiger partial charge in [0, 0.05) is 18.9 Å².